The Kier molecular flexibility index (Phi) is 7.22. The lowest BCUT2D eigenvalue weighted by atomic mass is 10.1. The predicted molar refractivity (Wildman–Crippen MR) is 126 cm³/mol. The third kappa shape index (κ3) is 4.79. The number of hydrogen-bond donors (Lipinski definition) is 1. The van der Waals surface area contributed by atoms with E-state index in [9.17, 15) is 9.59 Å². The zero-order chi connectivity index (χ0) is 24.1. The van der Waals surface area contributed by atoms with E-state index in [0.717, 1.165) is 5.56 Å². The highest BCUT2D eigenvalue weighted by molar-refractivity contribution is 6.10. The summed E-state index contributed by atoms with van der Waals surface area (Å²) < 4.78 is 27.3. The Morgan fingerprint density at radius 3 is 2.32 bits per heavy atom. The Morgan fingerprint density at radius 2 is 1.68 bits per heavy atom. The molecule has 1 aliphatic heterocycles. The summed E-state index contributed by atoms with van der Waals surface area (Å²) >= 11 is 0. The van der Waals surface area contributed by atoms with Crippen LogP contribution in [0.15, 0.2) is 40.8 Å². The Labute approximate surface area is 197 Å². The van der Waals surface area contributed by atoms with E-state index in [1.54, 1.807) is 32.3 Å². The lowest BCUT2D eigenvalue weighted by molar-refractivity contribution is -0.116. The smallest absolute Gasteiger partial charge is 0.291 e. The molecular weight excluding hydrogens is 440 g/mol. The molecule has 34 heavy (non-hydrogen) atoms. The minimum atomic E-state index is -0.264. The second-order valence-corrected chi connectivity index (χ2v) is 7.79. The van der Waals surface area contributed by atoms with Crippen molar-refractivity contribution >= 4 is 28.5 Å². The Balaban J connectivity index is 1.53. The quantitative estimate of drug-likeness (QED) is 0.540. The maximum absolute atomic E-state index is 13.1. The second-order valence-electron chi connectivity index (χ2n) is 7.79. The number of fused-ring (bicyclic) bond motifs is 1. The van der Waals surface area contributed by atoms with Crippen LogP contribution in [0.4, 0.5) is 5.69 Å². The number of ether oxygens (including phenoxy) is 4. The fourth-order valence-electron chi connectivity index (χ4n) is 3.97. The molecule has 0 unspecified atom stereocenters. The van der Waals surface area contributed by atoms with Gasteiger partial charge in [-0.1, -0.05) is 12.1 Å². The van der Waals surface area contributed by atoms with Gasteiger partial charge in [0.05, 0.1) is 34.5 Å². The largest absolute Gasteiger partial charge is 0.493 e. The van der Waals surface area contributed by atoms with Crippen LogP contribution in [-0.4, -0.2) is 64.3 Å². The van der Waals surface area contributed by atoms with Crippen LogP contribution in [0.5, 0.6) is 17.2 Å². The molecule has 0 radical (unpaired) electrons. The third-order valence-electron chi connectivity index (χ3n) is 5.72. The van der Waals surface area contributed by atoms with Crippen molar-refractivity contribution in [1.29, 1.82) is 0 Å². The van der Waals surface area contributed by atoms with E-state index >= 15 is 0 Å². The monoisotopic (exact) mass is 468 g/mol. The van der Waals surface area contributed by atoms with Crippen LogP contribution in [0.25, 0.3) is 11.0 Å². The Morgan fingerprint density at radius 1 is 1.00 bits per heavy atom. The molecule has 9 heteroatoms. The average Bonchev–Trinajstić information content (AvgIpc) is 3.24. The molecule has 1 aliphatic rings. The molecule has 4 rings (SSSR count). The summed E-state index contributed by atoms with van der Waals surface area (Å²) in [7, 11) is 4.63. The summed E-state index contributed by atoms with van der Waals surface area (Å²) in [4.78, 5) is 27.7. The van der Waals surface area contributed by atoms with Crippen LogP contribution < -0.4 is 19.5 Å². The number of benzene rings is 2. The van der Waals surface area contributed by atoms with Crippen LogP contribution in [0.1, 0.15) is 22.5 Å². The number of morpholine rings is 1. The minimum absolute atomic E-state index is 0.129. The summed E-state index contributed by atoms with van der Waals surface area (Å²) in [6, 6.07) is 10.9. The number of carbonyl (C=O) groups excluding carboxylic acids is 2. The number of carbonyl (C=O) groups is 2. The van der Waals surface area contributed by atoms with Crippen LogP contribution in [-0.2, 0) is 16.0 Å². The third-order valence-corrected chi connectivity index (χ3v) is 5.72. The topological polar surface area (TPSA) is 99.5 Å². The number of furan rings is 1. The van der Waals surface area contributed by atoms with Crippen molar-refractivity contribution < 1.29 is 33.0 Å². The van der Waals surface area contributed by atoms with E-state index in [-0.39, 0.29) is 24.0 Å². The van der Waals surface area contributed by atoms with E-state index in [4.69, 9.17) is 23.4 Å². The predicted octanol–water partition coefficient (Wildman–Crippen LogP) is 3.50. The first-order valence-corrected chi connectivity index (χ1v) is 11.0. The highest BCUT2D eigenvalue weighted by atomic mass is 16.5. The van der Waals surface area contributed by atoms with Gasteiger partial charge in [-0.2, -0.15) is 0 Å². The number of anilines is 1. The lowest BCUT2D eigenvalue weighted by Crippen LogP contribution is -2.40. The fraction of sp³-hybridized carbons (Fsp3) is 0.360. The molecule has 1 saturated heterocycles. The van der Waals surface area contributed by atoms with E-state index in [0.29, 0.717) is 66.6 Å². The number of aryl methyl sites for hydroxylation is 1. The van der Waals surface area contributed by atoms with Crippen molar-refractivity contribution in [3.8, 4) is 17.2 Å². The minimum Gasteiger partial charge on any atom is -0.493 e. The van der Waals surface area contributed by atoms with Crippen molar-refractivity contribution in [2.24, 2.45) is 0 Å². The van der Waals surface area contributed by atoms with Gasteiger partial charge in [-0.15, -0.1) is 0 Å². The molecule has 0 bridgehead atoms. The molecule has 0 aliphatic carbocycles. The van der Waals surface area contributed by atoms with Crippen molar-refractivity contribution in [3.63, 3.8) is 0 Å². The van der Waals surface area contributed by atoms with Gasteiger partial charge < -0.3 is 33.6 Å². The molecule has 9 nitrogen and oxygen atoms in total. The maximum Gasteiger partial charge on any atom is 0.291 e. The molecule has 2 aromatic carbocycles. The summed E-state index contributed by atoms with van der Waals surface area (Å²) in [5.41, 5.74) is 1.78. The number of nitrogens with one attached hydrogen (secondary N) is 1. The Hall–Kier alpha value is -3.72. The summed E-state index contributed by atoms with van der Waals surface area (Å²) in [6.45, 7) is 1.90. The first kappa shape index (κ1) is 23.4. The molecule has 1 N–H and O–H groups in total. The molecule has 2 heterocycles. The van der Waals surface area contributed by atoms with Gasteiger partial charge in [0.25, 0.3) is 5.91 Å². The van der Waals surface area contributed by atoms with Crippen LogP contribution >= 0.6 is 0 Å². The van der Waals surface area contributed by atoms with E-state index in [1.807, 2.05) is 30.3 Å². The van der Waals surface area contributed by atoms with E-state index in [1.165, 1.54) is 0 Å². The SMILES string of the molecule is COc1cc(CCC(=O)Nc2c(C(=O)N3CCOCC3)oc3ccccc23)cc(OC)c1OC. The molecule has 3 aromatic rings. The molecule has 1 fully saturated rings. The summed E-state index contributed by atoms with van der Waals surface area (Å²) in [6.07, 6.45) is 0.619. The zero-order valence-corrected chi connectivity index (χ0v) is 19.5. The number of nitrogens with zero attached hydrogens (tertiary/aromatic N) is 1. The first-order valence-electron chi connectivity index (χ1n) is 11.0. The van der Waals surface area contributed by atoms with Gasteiger partial charge in [-0.3, -0.25) is 9.59 Å². The molecule has 0 saturated carbocycles. The lowest BCUT2D eigenvalue weighted by Gasteiger charge is -2.26. The molecule has 0 atom stereocenters. The van der Waals surface area contributed by atoms with Gasteiger partial charge in [0.2, 0.25) is 17.4 Å². The summed E-state index contributed by atoms with van der Waals surface area (Å²) in [5.74, 6) is 1.17. The van der Waals surface area contributed by atoms with Crippen LogP contribution in [0.3, 0.4) is 0 Å². The highest BCUT2D eigenvalue weighted by Crippen LogP contribution is 2.38. The van der Waals surface area contributed by atoms with Gasteiger partial charge in [0.1, 0.15) is 11.3 Å². The molecule has 0 spiro atoms. The van der Waals surface area contributed by atoms with E-state index < -0.39 is 0 Å². The molecule has 1 aromatic heterocycles. The van der Waals surface area contributed by atoms with Gasteiger partial charge in [0, 0.05) is 24.9 Å². The summed E-state index contributed by atoms with van der Waals surface area (Å²) in [5, 5.41) is 3.59. The first-order chi connectivity index (χ1) is 16.5. The number of methoxy groups -OCH3 is 3. The van der Waals surface area contributed by atoms with Crippen molar-refractivity contribution in [2.45, 2.75) is 12.8 Å². The number of para-hydroxylation sites is 1. The fourth-order valence-corrected chi connectivity index (χ4v) is 3.97. The van der Waals surface area contributed by atoms with Crippen molar-refractivity contribution in [2.75, 3.05) is 52.9 Å². The van der Waals surface area contributed by atoms with Crippen molar-refractivity contribution in [3.05, 3.63) is 47.7 Å². The number of amides is 2. The van der Waals surface area contributed by atoms with Gasteiger partial charge in [-0.25, -0.2) is 0 Å². The molecule has 180 valence electrons. The zero-order valence-electron chi connectivity index (χ0n) is 19.5. The van der Waals surface area contributed by atoms with Crippen LogP contribution in [0.2, 0.25) is 0 Å². The number of hydrogen-bond acceptors (Lipinski definition) is 7. The normalized spacial score (nSPS) is 13.6. The van der Waals surface area contributed by atoms with Crippen LogP contribution in [0, 0.1) is 0 Å². The molecular formula is C25H28N2O7. The molecule has 2 amide bonds. The number of rotatable bonds is 8. The highest BCUT2D eigenvalue weighted by Gasteiger charge is 2.27. The van der Waals surface area contributed by atoms with Gasteiger partial charge >= 0.3 is 0 Å². The average molecular weight is 469 g/mol. The van der Waals surface area contributed by atoms with E-state index in [2.05, 4.69) is 5.32 Å². The standard InChI is InChI=1S/C25H28N2O7/c1-30-19-14-16(15-20(31-2)23(19)32-3)8-9-21(28)26-22-17-6-4-5-7-18(17)34-24(22)25(29)27-10-12-33-13-11-27/h4-7,14-15H,8-13H2,1-3H3,(H,26,28). The second kappa shape index (κ2) is 10.5. The maximum atomic E-state index is 13.1. The van der Waals surface area contributed by atoms with Crippen molar-refractivity contribution in [1.82, 2.24) is 4.90 Å². The van der Waals surface area contributed by atoms with Gasteiger partial charge in [0.15, 0.2) is 11.5 Å². The van der Waals surface area contributed by atoms with Gasteiger partial charge in [-0.05, 0) is 36.2 Å². The Bertz CT molecular complexity index is 1160.